The minimum Gasteiger partial charge on any atom is -0.486 e. The molecular weight excluding hydrogens is 300 g/mol. The van der Waals surface area contributed by atoms with E-state index in [-0.39, 0.29) is 0 Å². The van der Waals surface area contributed by atoms with Crippen LogP contribution in [0.5, 0.6) is 11.5 Å². The minimum absolute atomic E-state index is 0.630. The first-order chi connectivity index (χ1) is 11.9. The second-order valence-corrected chi connectivity index (χ2v) is 6.08. The Hall–Kier alpha value is -2.46. The Bertz CT molecular complexity index is 825. The third-order valence-electron chi connectivity index (χ3n) is 4.44. The van der Waals surface area contributed by atoms with Crippen molar-refractivity contribution in [2.24, 2.45) is 0 Å². The van der Waals surface area contributed by atoms with E-state index in [2.05, 4.69) is 46.8 Å². The number of para-hydroxylation sites is 2. The zero-order valence-electron chi connectivity index (χ0n) is 13.7. The van der Waals surface area contributed by atoms with Gasteiger partial charge in [-0.2, -0.15) is 0 Å². The molecule has 0 bridgehead atoms. The van der Waals surface area contributed by atoms with Crippen LogP contribution in [0.4, 0.5) is 0 Å². The van der Waals surface area contributed by atoms with E-state index < -0.39 is 0 Å². The van der Waals surface area contributed by atoms with Crippen molar-refractivity contribution < 1.29 is 9.47 Å². The van der Waals surface area contributed by atoms with Crippen LogP contribution in [0.1, 0.15) is 17.5 Å². The Balaban J connectivity index is 1.29. The molecule has 0 fully saturated rings. The lowest BCUT2D eigenvalue weighted by atomic mass is 10.1. The number of fused-ring (bicyclic) bond motifs is 2. The Kier molecular flexibility index (Phi) is 4.38. The van der Waals surface area contributed by atoms with Crippen molar-refractivity contribution in [1.82, 2.24) is 10.3 Å². The van der Waals surface area contributed by atoms with Crippen molar-refractivity contribution in [3.8, 4) is 11.5 Å². The second-order valence-electron chi connectivity index (χ2n) is 6.08. The molecule has 4 heteroatoms. The van der Waals surface area contributed by atoms with Gasteiger partial charge >= 0.3 is 0 Å². The fourth-order valence-electron chi connectivity index (χ4n) is 3.24. The van der Waals surface area contributed by atoms with Crippen molar-refractivity contribution in [2.75, 3.05) is 19.8 Å². The molecule has 0 aliphatic carbocycles. The van der Waals surface area contributed by atoms with E-state index in [1.54, 1.807) is 0 Å². The first kappa shape index (κ1) is 15.1. The molecule has 4 rings (SSSR count). The summed E-state index contributed by atoms with van der Waals surface area (Å²) >= 11 is 0. The van der Waals surface area contributed by atoms with E-state index in [0.717, 1.165) is 37.4 Å². The topological polar surface area (TPSA) is 46.3 Å². The van der Waals surface area contributed by atoms with Crippen molar-refractivity contribution in [3.05, 3.63) is 59.8 Å². The van der Waals surface area contributed by atoms with Gasteiger partial charge in [0.15, 0.2) is 11.5 Å². The van der Waals surface area contributed by atoms with Crippen LogP contribution >= 0.6 is 0 Å². The maximum atomic E-state index is 5.75. The number of aromatic nitrogens is 1. The highest BCUT2D eigenvalue weighted by Crippen LogP contribution is 2.33. The lowest BCUT2D eigenvalue weighted by Crippen LogP contribution is -2.20. The van der Waals surface area contributed by atoms with E-state index in [0.29, 0.717) is 13.2 Å². The van der Waals surface area contributed by atoms with E-state index in [4.69, 9.17) is 9.47 Å². The Labute approximate surface area is 141 Å². The fourth-order valence-corrected chi connectivity index (χ4v) is 3.24. The predicted octanol–water partition coefficient (Wildman–Crippen LogP) is 3.66. The van der Waals surface area contributed by atoms with Crippen LogP contribution in [0.3, 0.4) is 0 Å². The zero-order chi connectivity index (χ0) is 16.2. The summed E-state index contributed by atoms with van der Waals surface area (Å²) in [5.74, 6) is 1.76. The molecule has 0 saturated heterocycles. The van der Waals surface area contributed by atoms with Gasteiger partial charge in [-0.05, 0) is 37.1 Å². The molecule has 24 heavy (non-hydrogen) atoms. The van der Waals surface area contributed by atoms with Crippen molar-refractivity contribution in [2.45, 2.75) is 19.4 Å². The van der Waals surface area contributed by atoms with Gasteiger partial charge < -0.3 is 19.8 Å². The van der Waals surface area contributed by atoms with Gasteiger partial charge in [0, 0.05) is 29.2 Å². The third-order valence-corrected chi connectivity index (χ3v) is 4.44. The van der Waals surface area contributed by atoms with E-state index in [1.807, 2.05) is 12.1 Å². The lowest BCUT2D eigenvalue weighted by Gasteiger charge is -2.21. The summed E-state index contributed by atoms with van der Waals surface area (Å²) in [4.78, 5) is 3.34. The molecule has 2 heterocycles. The van der Waals surface area contributed by atoms with Crippen LogP contribution in [-0.2, 0) is 13.0 Å². The largest absolute Gasteiger partial charge is 0.486 e. The summed E-state index contributed by atoms with van der Waals surface area (Å²) in [6, 6.07) is 14.6. The molecule has 0 spiro atoms. The zero-order valence-corrected chi connectivity index (χ0v) is 13.7. The van der Waals surface area contributed by atoms with Crippen LogP contribution in [0.25, 0.3) is 10.9 Å². The summed E-state index contributed by atoms with van der Waals surface area (Å²) in [6.45, 7) is 3.05. The molecule has 0 radical (unpaired) electrons. The highest BCUT2D eigenvalue weighted by molar-refractivity contribution is 5.82. The van der Waals surface area contributed by atoms with Gasteiger partial charge in [-0.3, -0.25) is 0 Å². The maximum absolute atomic E-state index is 5.75. The molecule has 1 aromatic heterocycles. The first-order valence-corrected chi connectivity index (χ1v) is 8.55. The van der Waals surface area contributed by atoms with Gasteiger partial charge in [-0.25, -0.2) is 0 Å². The Morgan fingerprint density at radius 3 is 2.88 bits per heavy atom. The van der Waals surface area contributed by atoms with Gasteiger partial charge in [-0.1, -0.05) is 30.3 Å². The molecule has 3 aromatic rings. The van der Waals surface area contributed by atoms with Crippen molar-refractivity contribution >= 4 is 10.9 Å². The van der Waals surface area contributed by atoms with Gasteiger partial charge in [0.2, 0.25) is 0 Å². The summed E-state index contributed by atoms with van der Waals surface area (Å²) < 4.78 is 11.4. The lowest BCUT2D eigenvalue weighted by molar-refractivity contribution is 0.169. The highest BCUT2D eigenvalue weighted by Gasteiger charge is 2.14. The van der Waals surface area contributed by atoms with Crippen LogP contribution < -0.4 is 14.8 Å². The van der Waals surface area contributed by atoms with Crippen molar-refractivity contribution in [3.63, 3.8) is 0 Å². The molecule has 2 aromatic carbocycles. The van der Waals surface area contributed by atoms with E-state index >= 15 is 0 Å². The molecule has 124 valence electrons. The number of H-pyrrole nitrogens is 1. The Morgan fingerprint density at radius 1 is 0.958 bits per heavy atom. The molecule has 2 N–H and O–H groups in total. The normalized spacial score (nSPS) is 13.3. The molecule has 0 amide bonds. The van der Waals surface area contributed by atoms with E-state index in [9.17, 15) is 0 Å². The molecule has 0 unspecified atom stereocenters. The number of hydrogen-bond acceptors (Lipinski definition) is 3. The van der Waals surface area contributed by atoms with Crippen LogP contribution in [-0.4, -0.2) is 24.7 Å². The minimum atomic E-state index is 0.630. The quantitative estimate of drug-likeness (QED) is 0.681. The average molecular weight is 322 g/mol. The van der Waals surface area contributed by atoms with Gasteiger partial charge in [0.1, 0.15) is 13.2 Å². The van der Waals surface area contributed by atoms with Gasteiger partial charge in [0.05, 0.1) is 0 Å². The monoisotopic (exact) mass is 322 g/mol. The smallest absolute Gasteiger partial charge is 0.165 e. The van der Waals surface area contributed by atoms with Crippen LogP contribution in [0.2, 0.25) is 0 Å². The van der Waals surface area contributed by atoms with E-state index in [1.165, 1.54) is 22.0 Å². The summed E-state index contributed by atoms with van der Waals surface area (Å²) in [5.41, 5.74) is 3.77. The van der Waals surface area contributed by atoms with Gasteiger partial charge in [0.25, 0.3) is 0 Å². The number of hydrogen-bond donors (Lipinski definition) is 2. The predicted molar refractivity (Wildman–Crippen MR) is 95.8 cm³/mol. The Morgan fingerprint density at radius 2 is 1.88 bits per heavy atom. The number of rotatable bonds is 6. The fraction of sp³-hybridized carbons (Fsp3) is 0.300. The molecule has 1 aliphatic rings. The summed E-state index contributed by atoms with van der Waals surface area (Å²) in [6.07, 6.45) is 4.31. The summed E-state index contributed by atoms with van der Waals surface area (Å²) in [5, 5.41) is 4.85. The summed E-state index contributed by atoms with van der Waals surface area (Å²) in [7, 11) is 0. The maximum Gasteiger partial charge on any atom is 0.165 e. The first-order valence-electron chi connectivity index (χ1n) is 8.55. The number of ether oxygens (including phenoxy) is 2. The third kappa shape index (κ3) is 3.10. The molecule has 4 nitrogen and oxygen atoms in total. The SMILES string of the molecule is c1cc(CNCCCc2c[nH]c3ccccc23)c2c(c1)OCCO2. The molecule has 0 atom stereocenters. The highest BCUT2D eigenvalue weighted by atomic mass is 16.6. The van der Waals surface area contributed by atoms with Crippen molar-refractivity contribution in [1.29, 1.82) is 0 Å². The van der Waals surface area contributed by atoms with Crippen LogP contribution in [0, 0.1) is 0 Å². The average Bonchev–Trinajstić information content (AvgIpc) is 3.05. The second kappa shape index (κ2) is 6.97. The molecule has 0 saturated carbocycles. The van der Waals surface area contributed by atoms with Crippen LogP contribution in [0.15, 0.2) is 48.7 Å². The molecule has 1 aliphatic heterocycles. The number of nitrogens with one attached hydrogen (secondary N) is 2. The number of benzene rings is 2. The van der Waals surface area contributed by atoms with Gasteiger partial charge in [-0.15, -0.1) is 0 Å². The molecular formula is C20H22N2O2. The standard InChI is InChI=1S/C20H22N2O2/c1-2-8-18-17(7-1)15(14-22-18)6-4-10-21-13-16-5-3-9-19-20(16)24-12-11-23-19/h1-3,5,7-9,14,21-22H,4,6,10-13H2. The number of aryl methyl sites for hydroxylation is 1. The number of aromatic amines is 1.